The Morgan fingerprint density at radius 1 is 1.12 bits per heavy atom. The molecule has 0 saturated heterocycles. The second-order valence-electron chi connectivity index (χ2n) is 6.77. The summed E-state index contributed by atoms with van der Waals surface area (Å²) in [5.41, 5.74) is 9.58. The Balaban J connectivity index is 1.61. The van der Waals surface area contributed by atoms with Gasteiger partial charge in [0.2, 0.25) is 5.95 Å². The summed E-state index contributed by atoms with van der Waals surface area (Å²) in [5.74, 6) is 1.27. The van der Waals surface area contributed by atoms with Gasteiger partial charge in [-0.25, -0.2) is 9.97 Å². The molecule has 26 heavy (non-hydrogen) atoms. The number of hydrogen-bond donors (Lipinski definition) is 3. The number of nitrogens with zero attached hydrogens (tertiary/aromatic N) is 5. The van der Waals surface area contributed by atoms with Crippen molar-refractivity contribution in [1.82, 2.24) is 29.5 Å². The van der Waals surface area contributed by atoms with Crippen molar-refractivity contribution in [2.75, 3.05) is 5.32 Å². The van der Waals surface area contributed by atoms with E-state index in [1.54, 1.807) is 12.7 Å². The highest BCUT2D eigenvalue weighted by Gasteiger charge is 2.23. The molecule has 132 valence electrons. The number of imidazole rings is 2. The SMILES string of the molecule is NC1CCCCC1Nc1nc(-n2cnc3ccccc32)c2nc[nH]c2n1. The van der Waals surface area contributed by atoms with Gasteiger partial charge < -0.3 is 16.0 Å². The maximum absolute atomic E-state index is 6.27. The van der Waals surface area contributed by atoms with E-state index in [2.05, 4.69) is 25.3 Å². The number of anilines is 1. The molecule has 0 radical (unpaired) electrons. The normalized spacial score (nSPS) is 20.7. The Labute approximate surface area is 149 Å². The summed E-state index contributed by atoms with van der Waals surface area (Å²) in [6.07, 6.45) is 7.84. The third kappa shape index (κ3) is 2.50. The van der Waals surface area contributed by atoms with Gasteiger partial charge in [0.05, 0.1) is 17.4 Å². The van der Waals surface area contributed by atoms with Crippen molar-refractivity contribution in [3.05, 3.63) is 36.9 Å². The molecule has 2 atom stereocenters. The zero-order valence-electron chi connectivity index (χ0n) is 14.3. The molecule has 0 aliphatic heterocycles. The second kappa shape index (κ2) is 6.06. The summed E-state index contributed by atoms with van der Waals surface area (Å²) >= 11 is 0. The fourth-order valence-electron chi connectivity index (χ4n) is 3.69. The van der Waals surface area contributed by atoms with Crippen molar-refractivity contribution in [3.8, 4) is 5.82 Å². The fourth-order valence-corrected chi connectivity index (χ4v) is 3.69. The average Bonchev–Trinajstić information content (AvgIpc) is 3.30. The van der Waals surface area contributed by atoms with Crippen LogP contribution in [0.1, 0.15) is 25.7 Å². The number of benzene rings is 1. The van der Waals surface area contributed by atoms with Crippen LogP contribution in [0.15, 0.2) is 36.9 Å². The highest BCUT2D eigenvalue weighted by atomic mass is 15.2. The number of hydrogen-bond acceptors (Lipinski definition) is 6. The number of aromatic nitrogens is 6. The summed E-state index contributed by atoms with van der Waals surface area (Å²) in [5, 5.41) is 3.43. The summed E-state index contributed by atoms with van der Waals surface area (Å²) in [6.45, 7) is 0. The van der Waals surface area contributed by atoms with E-state index in [1.807, 2.05) is 28.8 Å². The van der Waals surface area contributed by atoms with Crippen molar-refractivity contribution in [3.63, 3.8) is 0 Å². The molecule has 1 aliphatic carbocycles. The van der Waals surface area contributed by atoms with E-state index in [0.29, 0.717) is 22.9 Å². The van der Waals surface area contributed by atoms with E-state index in [9.17, 15) is 0 Å². The van der Waals surface area contributed by atoms with Gasteiger partial charge in [0.25, 0.3) is 0 Å². The lowest BCUT2D eigenvalue weighted by molar-refractivity contribution is 0.402. The highest BCUT2D eigenvalue weighted by Crippen LogP contribution is 2.24. The lowest BCUT2D eigenvalue weighted by atomic mass is 9.91. The van der Waals surface area contributed by atoms with Gasteiger partial charge in [-0.15, -0.1) is 0 Å². The highest BCUT2D eigenvalue weighted by molar-refractivity contribution is 5.84. The van der Waals surface area contributed by atoms with Gasteiger partial charge in [0.1, 0.15) is 6.33 Å². The topological polar surface area (TPSA) is 110 Å². The van der Waals surface area contributed by atoms with Crippen molar-refractivity contribution in [2.45, 2.75) is 37.8 Å². The quantitative estimate of drug-likeness (QED) is 0.524. The van der Waals surface area contributed by atoms with Crippen LogP contribution in [0, 0.1) is 0 Å². The lowest BCUT2D eigenvalue weighted by Gasteiger charge is -2.29. The predicted molar refractivity (Wildman–Crippen MR) is 100 cm³/mol. The summed E-state index contributed by atoms with van der Waals surface area (Å²) in [7, 11) is 0. The molecule has 2 unspecified atom stereocenters. The predicted octanol–water partition coefficient (Wildman–Crippen LogP) is 2.37. The molecule has 3 heterocycles. The van der Waals surface area contributed by atoms with Crippen LogP contribution in [0.5, 0.6) is 0 Å². The molecule has 0 amide bonds. The second-order valence-corrected chi connectivity index (χ2v) is 6.77. The molecule has 4 aromatic rings. The maximum atomic E-state index is 6.27. The van der Waals surface area contributed by atoms with E-state index in [4.69, 9.17) is 10.7 Å². The maximum Gasteiger partial charge on any atom is 0.227 e. The molecule has 0 bridgehead atoms. The van der Waals surface area contributed by atoms with Crippen LogP contribution in [0.25, 0.3) is 28.0 Å². The zero-order valence-corrected chi connectivity index (χ0v) is 14.3. The number of nitrogens with one attached hydrogen (secondary N) is 2. The Kier molecular flexibility index (Phi) is 3.56. The van der Waals surface area contributed by atoms with Gasteiger partial charge in [0.15, 0.2) is 17.0 Å². The van der Waals surface area contributed by atoms with E-state index in [1.165, 1.54) is 12.8 Å². The minimum atomic E-state index is 0.127. The number of rotatable bonds is 3. The number of fused-ring (bicyclic) bond motifs is 2. The van der Waals surface area contributed by atoms with Crippen LogP contribution >= 0.6 is 0 Å². The van der Waals surface area contributed by atoms with Crippen LogP contribution < -0.4 is 11.1 Å². The number of para-hydroxylation sites is 2. The minimum Gasteiger partial charge on any atom is -0.350 e. The van der Waals surface area contributed by atoms with E-state index >= 15 is 0 Å². The first-order chi connectivity index (χ1) is 12.8. The van der Waals surface area contributed by atoms with Crippen molar-refractivity contribution in [1.29, 1.82) is 0 Å². The third-order valence-corrected chi connectivity index (χ3v) is 5.08. The molecule has 1 aliphatic rings. The Hall–Kier alpha value is -3.00. The van der Waals surface area contributed by atoms with Gasteiger partial charge >= 0.3 is 0 Å². The first-order valence-corrected chi connectivity index (χ1v) is 8.95. The Bertz CT molecular complexity index is 1070. The third-order valence-electron chi connectivity index (χ3n) is 5.08. The average molecular weight is 348 g/mol. The van der Waals surface area contributed by atoms with E-state index in [0.717, 1.165) is 23.9 Å². The molecule has 8 nitrogen and oxygen atoms in total. The van der Waals surface area contributed by atoms with Crippen LogP contribution in [0.2, 0.25) is 0 Å². The molecule has 1 fully saturated rings. The largest absolute Gasteiger partial charge is 0.350 e. The molecular weight excluding hydrogens is 328 g/mol. The van der Waals surface area contributed by atoms with Gasteiger partial charge in [-0.2, -0.15) is 9.97 Å². The van der Waals surface area contributed by atoms with Crippen molar-refractivity contribution >= 4 is 28.1 Å². The van der Waals surface area contributed by atoms with E-state index < -0.39 is 0 Å². The van der Waals surface area contributed by atoms with Crippen LogP contribution in [0.3, 0.4) is 0 Å². The smallest absolute Gasteiger partial charge is 0.227 e. The summed E-state index contributed by atoms with van der Waals surface area (Å²) in [6, 6.07) is 8.28. The molecule has 8 heteroatoms. The molecule has 4 N–H and O–H groups in total. The molecule has 5 rings (SSSR count). The van der Waals surface area contributed by atoms with Crippen LogP contribution in [-0.2, 0) is 0 Å². The molecule has 3 aromatic heterocycles. The molecule has 1 saturated carbocycles. The van der Waals surface area contributed by atoms with Gasteiger partial charge in [-0.1, -0.05) is 25.0 Å². The van der Waals surface area contributed by atoms with Crippen LogP contribution in [-0.4, -0.2) is 41.6 Å². The standard InChI is InChI=1S/C18H20N8/c19-11-5-1-2-6-12(11)23-18-24-16-15(20-9-21-16)17(25-18)26-10-22-13-7-3-4-8-14(13)26/h3-4,7-12H,1-2,5-6,19H2,(H2,20,21,23,24,25). The van der Waals surface area contributed by atoms with E-state index in [-0.39, 0.29) is 12.1 Å². The molecule has 1 aromatic carbocycles. The van der Waals surface area contributed by atoms with Gasteiger partial charge in [-0.05, 0) is 25.0 Å². The molecule has 0 spiro atoms. The number of aromatic amines is 1. The minimum absolute atomic E-state index is 0.127. The summed E-state index contributed by atoms with van der Waals surface area (Å²) in [4.78, 5) is 21.3. The molecular formula is C18H20N8. The fraction of sp³-hybridized carbons (Fsp3) is 0.333. The van der Waals surface area contributed by atoms with Gasteiger partial charge in [0, 0.05) is 12.1 Å². The summed E-state index contributed by atoms with van der Waals surface area (Å²) < 4.78 is 1.95. The first-order valence-electron chi connectivity index (χ1n) is 8.95. The van der Waals surface area contributed by atoms with Gasteiger partial charge in [-0.3, -0.25) is 4.57 Å². The zero-order chi connectivity index (χ0) is 17.5. The number of nitrogens with two attached hydrogens (primary N) is 1. The first kappa shape index (κ1) is 15.3. The lowest BCUT2D eigenvalue weighted by Crippen LogP contribution is -2.43. The monoisotopic (exact) mass is 348 g/mol. The van der Waals surface area contributed by atoms with Crippen molar-refractivity contribution < 1.29 is 0 Å². The Morgan fingerprint density at radius 3 is 2.92 bits per heavy atom. The Morgan fingerprint density at radius 2 is 2.00 bits per heavy atom. The van der Waals surface area contributed by atoms with Crippen molar-refractivity contribution in [2.24, 2.45) is 5.73 Å². The number of H-pyrrole nitrogens is 1. The van der Waals surface area contributed by atoms with Crippen LogP contribution in [0.4, 0.5) is 5.95 Å².